The molecule has 3 nitrogen and oxygen atoms in total. The molecule has 0 saturated heterocycles. The first-order valence-electron chi connectivity index (χ1n) is 8.70. The zero-order valence-corrected chi connectivity index (χ0v) is 15.4. The molecule has 1 N–H and O–H groups in total. The number of nitrogens with one attached hydrogen (secondary N) is 1. The molecule has 1 aliphatic rings. The third-order valence-corrected chi connectivity index (χ3v) is 7.59. The van der Waals surface area contributed by atoms with E-state index in [4.69, 9.17) is 0 Å². The molecule has 0 aliphatic heterocycles. The molecule has 0 saturated carbocycles. The summed E-state index contributed by atoms with van der Waals surface area (Å²) in [6.07, 6.45) is 6.22. The van der Waals surface area contributed by atoms with Gasteiger partial charge in [0.05, 0.1) is 6.07 Å². The number of rotatable bonds is 5. The van der Waals surface area contributed by atoms with E-state index in [0.29, 0.717) is 0 Å². The first-order valence-corrected chi connectivity index (χ1v) is 10.4. The molecular formula is C21H23N2OP. The molecule has 2 aromatic carbocycles. The zero-order valence-electron chi connectivity index (χ0n) is 14.5. The summed E-state index contributed by atoms with van der Waals surface area (Å²) in [7, 11) is -3.14. The molecule has 0 amide bonds. The first-order chi connectivity index (χ1) is 12.1. The van der Waals surface area contributed by atoms with Crippen LogP contribution in [0.4, 0.5) is 0 Å². The van der Waals surface area contributed by atoms with E-state index in [0.717, 1.165) is 41.9 Å². The molecule has 0 aromatic heterocycles. The summed E-state index contributed by atoms with van der Waals surface area (Å²) in [6, 6.07) is 21.2. The highest BCUT2D eigenvalue weighted by Gasteiger charge is 2.39. The Hall–Kier alpha value is -2.14. The number of benzene rings is 2. The topological polar surface area (TPSA) is 52.9 Å². The van der Waals surface area contributed by atoms with Crippen molar-refractivity contribution in [2.24, 2.45) is 0 Å². The van der Waals surface area contributed by atoms with Crippen molar-refractivity contribution in [3.8, 4) is 6.07 Å². The number of allylic oxidation sites excluding steroid dienone is 1. The van der Waals surface area contributed by atoms with Gasteiger partial charge in [0.2, 0.25) is 7.29 Å². The van der Waals surface area contributed by atoms with Crippen molar-refractivity contribution < 1.29 is 4.57 Å². The number of hydrogen-bond acceptors (Lipinski definition) is 2. The Bertz CT molecular complexity index is 796. The van der Waals surface area contributed by atoms with Crippen LogP contribution in [-0.2, 0) is 4.57 Å². The van der Waals surface area contributed by atoms with E-state index in [-0.39, 0.29) is 0 Å². The van der Waals surface area contributed by atoms with Crippen LogP contribution in [0.2, 0.25) is 0 Å². The Morgan fingerprint density at radius 2 is 1.56 bits per heavy atom. The highest BCUT2D eigenvalue weighted by atomic mass is 31.2. The minimum atomic E-state index is -3.14. The van der Waals surface area contributed by atoms with E-state index in [9.17, 15) is 9.83 Å². The second kappa shape index (κ2) is 7.40. The van der Waals surface area contributed by atoms with Crippen LogP contribution in [0.3, 0.4) is 0 Å². The van der Waals surface area contributed by atoms with Gasteiger partial charge in [-0.1, -0.05) is 42.5 Å². The molecule has 1 aliphatic carbocycles. The molecule has 3 rings (SSSR count). The van der Waals surface area contributed by atoms with Gasteiger partial charge in [-0.2, -0.15) is 5.26 Å². The van der Waals surface area contributed by atoms with Gasteiger partial charge in [-0.3, -0.25) is 4.57 Å². The fourth-order valence-corrected chi connectivity index (χ4v) is 5.89. The normalized spacial score (nSPS) is 17.2. The summed E-state index contributed by atoms with van der Waals surface area (Å²) in [5, 5.41) is 14.6. The Morgan fingerprint density at radius 1 is 1.00 bits per heavy atom. The predicted molar refractivity (Wildman–Crippen MR) is 103 cm³/mol. The van der Waals surface area contributed by atoms with Gasteiger partial charge in [0.25, 0.3) is 0 Å². The lowest BCUT2D eigenvalue weighted by Crippen LogP contribution is -2.45. The van der Waals surface area contributed by atoms with E-state index < -0.39 is 12.8 Å². The molecule has 25 heavy (non-hydrogen) atoms. The van der Waals surface area contributed by atoms with Crippen LogP contribution in [0.5, 0.6) is 0 Å². The van der Waals surface area contributed by atoms with Crippen molar-refractivity contribution in [3.05, 3.63) is 72.3 Å². The fourth-order valence-electron chi connectivity index (χ4n) is 3.33. The van der Waals surface area contributed by atoms with E-state index in [1.165, 1.54) is 0 Å². The number of hydrogen-bond donors (Lipinski definition) is 1. The van der Waals surface area contributed by atoms with Crippen molar-refractivity contribution in [1.82, 2.24) is 5.09 Å². The molecule has 0 unspecified atom stereocenters. The molecule has 4 heteroatoms. The van der Waals surface area contributed by atoms with Gasteiger partial charge in [-0.05, 0) is 62.4 Å². The van der Waals surface area contributed by atoms with Crippen molar-refractivity contribution >= 4 is 17.9 Å². The highest BCUT2D eigenvalue weighted by molar-refractivity contribution is 7.77. The van der Waals surface area contributed by atoms with Crippen molar-refractivity contribution in [2.75, 3.05) is 0 Å². The lowest BCUT2D eigenvalue weighted by atomic mass is 9.86. The van der Waals surface area contributed by atoms with Crippen LogP contribution in [0, 0.1) is 11.3 Å². The summed E-state index contributed by atoms with van der Waals surface area (Å²) >= 11 is 0. The predicted octanol–water partition coefficient (Wildman–Crippen LogP) is 4.29. The summed E-state index contributed by atoms with van der Waals surface area (Å²) in [5.74, 6) is 0. The highest BCUT2D eigenvalue weighted by Crippen LogP contribution is 2.43. The van der Waals surface area contributed by atoms with Gasteiger partial charge in [-0.25, -0.2) is 5.09 Å². The maximum atomic E-state index is 14.1. The van der Waals surface area contributed by atoms with Crippen LogP contribution in [-0.4, -0.2) is 5.54 Å². The van der Waals surface area contributed by atoms with Crippen LogP contribution in [0.1, 0.15) is 32.6 Å². The van der Waals surface area contributed by atoms with Gasteiger partial charge < -0.3 is 0 Å². The Balaban J connectivity index is 2.08. The Kier molecular flexibility index (Phi) is 5.23. The van der Waals surface area contributed by atoms with Crippen molar-refractivity contribution in [2.45, 2.75) is 38.1 Å². The quantitative estimate of drug-likeness (QED) is 0.646. The molecule has 1 atom stereocenters. The third kappa shape index (κ3) is 3.61. The molecule has 2 aromatic rings. The van der Waals surface area contributed by atoms with E-state index in [2.05, 4.69) is 17.2 Å². The standard InChI is InChI=1S/C21H23N2OP/c1-21(17-22,18-11-5-2-6-12-18)23-25(24,19-13-7-3-8-14-19)20-15-9-4-10-16-20/h3-4,7-11,13-16H,2,5-6,12H2,1H3,(H,23,24)/t21-/m1/s1. The van der Waals surface area contributed by atoms with Crippen LogP contribution in [0.25, 0.3) is 0 Å². The van der Waals surface area contributed by atoms with Crippen LogP contribution < -0.4 is 15.7 Å². The van der Waals surface area contributed by atoms with E-state index in [1.54, 1.807) is 0 Å². The maximum absolute atomic E-state index is 14.1. The summed E-state index contributed by atoms with van der Waals surface area (Å²) < 4.78 is 14.1. The van der Waals surface area contributed by atoms with Crippen LogP contribution in [0.15, 0.2) is 72.3 Å². The second-order valence-electron chi connectivity index (χ2n) is 6.60. The number of nitriles is 1. The van der Waals surface area contributed by atoms with Gasteiger partial charge in [0.15, 0.2) is 0 Å². The second-order valence-corrected chi connectivity index (χ2v) is 9.08. The lowest BCUT2D eigenvalue weighted by Gasteiger charge is -2.33. The SMILES string of the molecule is C[C@](C#N)(NP(=O)(c1ccccc1)c1ccccc1)C1=CCCCC1. The summed E-state index contributed by atoms with van der Waals surface area (Å²) in [6.45, 7) is 1.85. The molecule has 0 bridgehead atoms. The fraction of sp³-hybridized carbons (Fsp3) is 0.286. The molecular weight excluding hydrogens is 327 g/mol. The minimum absolute atomic E-state index is 0.721. The molecule has 0 heterocycles. The number of nitrogens with zero attached hydrogens (tertiary/aromatic N) is 1. The summed E-state index contributed by atoms with van der Waals surface area (Å²) in [5.41, 5.74) is 0.107. The van der Waals surface area contributed by atoms with Gasteiger partial charge >= 0.3 is 0 Å². The van der Waals surface area contributed by atoms with Crippen molar-refractivity contribution in [1.29, 1.82) is 5.26 Å². The van der Waals surface area contributed by atoms with Crippen molar-refractivity contribution in [3.63, 3.8) is 0 Å². The third-order valence-electron chi connectivity index (χ3n) is 4.78. The molecule has 0 spiro atoms. The van der Waals surface area contributed by atoms with Crippen LogP contribution >= 0.6 is 7.29 Å². The Morgan fingerprint density at radius 3 is 2.00 bits per heavy atom. The van der Waals surface area contributed by atoms with E-state index in [1.807, 2.05) is 67.6 Å². The van der Waals surface area contributed by atoms with Gasteiger partial charge in [0, 0.05) is 10.6 Å². The van der Waals surface area contributed by atoms with Gasteiger partial charge in [-0.15, -0.1) is 0 Å². The lowest BCUT2D eigenvalue weighted by molar-refractivity contribution is 0.530. The summed E-state index contributed by atoms with van der Waals surface area (Å²) in [4.78, 5) is 0. The Labute approximate surface area is 149 Å². The van der Waals surface area contributed by atoms with E-state index >= 15 is 0 Å². The monoisotopic (exact) mass is 350 g/mol. The molecule has 128 valence electrons. The molecule has 0 radical (unpaired) electrons. The average Bonchev–Trinajstić information content (AvgIpc) is 2.70. The maximum Gasteiger partial charge on any atom is 0.206 e. The molecule has 0 fully saturated rings. The average molecular weight is 350 g/mol. The smallest absolute Gasteiger partial charge is 0.206 e. The first kappa shape index (κ1) is 17.7. The van der Waals surface area contributed by atoms with Gasteiger partial charge in [0.1, 0.15) is 5.54 Å². The minimum Gasteiger partial charge on any atom is -0.296 e. The zero-order chi connectivity index (χ0) is 17.8. The largest absolute Gasteiger partial charge is 0.296 e.